The van der Waals surface area contributed by atoms with Crippen molar-refractivity contribution in [3.05, 3.63) is 48.4 Å². The third-order valence-electron chi connectivity index (χ3n) is 2.19. The molecule has 0 aliphatic heterocycles. The molecular weight excluding hydrogens is 219 g/mol. The summed E-state index contributed by atoms with van der Waals surface area (Å²) in [6, 6.07) is 9.56. The highest BCUT2D eigenvalue weighted by atomic mass is 16.5. The van der Waals surface area contributed by atoms with Gasteiger partial charge in [0.2, 0.25) is 0 Å². The summed E-state index contributed by atoms with van der Waals surface area (Å²) in [6.07, 6.45) is 2.65. The van der Waals surface area contributed by atoms with Gasteiger partial charge in [0.15, 0.2) is 5.75 Å². The van der Waals surface area contributed by atoms with Gasteiger partial charge in [-0.3, -0.25) is 0 Å². The van der Waals surface area contributed by atoms with Crippen LogP contribution in [0.4, 0.5) is 0 Å². The lowest BCUT2D eigenvalue weighted by molar-refractivity contribution is 0.304. The van der Waals surface area contributed by atoms with Crippen LogP contribution in [0.25, 0.3) is 0 Å². The molecule has 0 unspecified atom stereocenters. The Balaban J connectivity index is 2.09. The van der Waals surface area contributed by atoms with Gasteiger partial charge in [-0.25, -0.2) is 9.97 Å². The molecule has 0 fully saturated rings. The summed E-state index contributed by atoms with van der Waals surface area (Å²) >= 11 is 0. The molecule has 0 spiro atoms. The van der Waals surface area contributed by atoms with Gasteiger partial charge >= 0.3 is 7.12 Å². The molecule has 0 aliphatic rings. The first-order chi connectivity index (χ1) is 8.27. The van der Waals surface area contributed by atoms with E-state index >= 15 is 0 Å². The van der Waals surface area contributed by atoms with Gasteiger partial charge in [-0.2, -0.15) is 0 Å². The Morgan fingerprint density at radius 1 is 1.18 bits per heavy atom. The minimum Gasteiger partial charge on any atom is -0.486 e. The van der Waals surface area contributed by atoms with Crippen LogP contribution < -0.4 is 10.3 Å². The molecule has 0 saturated carbocycles. The van der Waals surface area contributed by atoms with Crippen LogP contribution in [0, 0.1) is 0 Å². The summed E-state index contributed by atoms with van der Waals surface area (Å²) in [5.41, 5.74) is 1.05. The predicted octanol–water partition coefficient (Wildman–Crippen LogP) is -0.265. The van der Waals surface area contributed by atoms with E-state index in [-0.39, 0.29) is 11.3 Å². The Kier molecular flexibility index (Phi) is 3.69. The standard InChI is InChI=1S/C11H11BN2O3/c15-12(16)11-10(6-13-8-14-11)17-7-9-4-2-1-3-5-9/h1-6,8,15-16H,7H2. The van der Waals surface area contributed by atoms with Gasteiger partial charge in [-0.05, 0) is 5.56 Å². The van der Waals surface area contributed by atoms with E-state index in [2.05, 4.69) is 9.97 Å². The summed E-state index contributed by atoms with van der Waals surface area (Å²) < 4.78 is 5.44. The van der Waals surface area contributed by atoms with Gasteiger partial charge in [0.1, 0.15) is 18.5 Å². The second-order valence-corrected chi connectivity index (χ2v) is 3.42. The van der Waals surface area contributed by atoms with Crippen molar-refractivity contribution in [1.82, 2.24) is 9.97 Å². The predicted molar refractivity (Wildman–Crippen MR) is 62.6 cm³/mol. The second kappa shape index (κ2) is 5.42. The van der Waals surface area contributed by atoms with E-state index in [0.717, 1.165) is 5.56 Å². The van der Waals surface area contributed by atoms with Crippen molar-refractivity contribution in [2.75, 3.05) is 0 Å². The maximum absolute atomic E-state index is 9.09. The first-order valence-corrected chi connectivity index (χ1v) is 5.10. The van der Waals surface area contributed by atoms with E-state index in [1.807, 2.05) is 30.3 Å². The topological polar surface area (TPSA) is 75.5 Å². The Morgan fingerprint density at radius 2 is 1.94 bits per heavy atom. The van der Waals surface area contributed by atoms with Crippen molar-refractivity contribution in [1.29, 1.82) is 0 Å². The van der Waals surface area contributed by atoms with Crippen LogP contribution in [0.15, 0.2) is 42.9 Å². The van der Waals surface area contributed by atoms with Crippen LogP contribution in [-0.2, 0) is 6.61 Å². The summed E-state index contributed by atoms with van der Waals surface area (Å²) in [7, 11) is -1.66. The average Bonchev–Trinajstić information content (AvgIpc) is 2.38. The number of hydrogen-bond donors (Lipinski definition) is 2. The molecule has 17 heavy (non-hydrogen) atoms. The van der Waals surface area contributed by atoms with Crippen molar-refractivity contribution in [2.24, 2.45) is 0 Å². The zero-order valence-corrected chi connectivity index (χ0v) is 9.02. The van der Waals surface area contributed by atoms with Crippen LogP contribution in [0.1, 0.15) is 5.56 Å². The molecule has 0 saturated heterocycles. The van der Waals surface area contributed by atoms with Crippen molar-refractivity contribution >= 4 is 12.7 Å². The molecule has 2 N–H and O–H groups in total. The van der Waals surface area contributed by atoms with Gasteiger partial charge in [0.25, 0.3) is 0 Å². The normalized spacial score (nSPS) is 10.0. The summed E-state index contributed by atoms with van der Waals surface area (Å²) in [5, 5.41) is 18.2. The fraction of sp³-hybridized carbons (Fsp3) is 0.0909. The smallest absolute Gasteiger partial charge is 0.486 e. The number of rotatable bonds is 4. The van der Waals surface area contributed by atoms with E-state index in [0.29, 0.717) is 6.61 Å². The molecule has 2 aromatic rings. The number of hydrogen-bond acceptors (Lipinski definition) is 5. The third kappa shape index (κ3) is 3.02. The molecule has 6 heteroatoms. The highest BCUT2D eigenvalue weighted by Gasteiger charge is 2.19. The molecule has 1 heterocycles. The Morgan fingerprint density at radius 3 is 2.65 bits per heavy atom. The third-order valence-corrected chi connectivity index (χ3v) is 2.19. The van der Waals surface area contributed by atoms with E-state index in [1.165, 1.54) is 12.5 Å². The minimum absolute atomic E-state index is 0.0657. The lowest BCUT2D eigenvalue weighted by Crippen LogP contribution is -2.34. The Labute approximate surface area is 98.9 Å². The van der Waals surface area contributed by atoms with Crippen LogP contribution >= 0.6 is 0 Å². The van der Waals surface area contributed by atoms with Crippen molar-refractivity contribution < 1.29 is 14.8 Å². The van der Waals surface area contributed by atoms with Crippen LogP contribution in [0.2, 0.25) is 0 Å². The Bertz CT molecular complexity index is 479. The van der Waals surface area contributed by atoms with Crippen LogP contribution in [-0.4, -0.2) is 27.1 Å². The summed E-state index contributed by atoms with van der Waals surface area (Å²) in [5.74, 6) is 0.270. The lowest BCUT2D eigenvalue weighted by atomic mass is 9.85. The van der Waals surface area contributed by atoms with Gasteiger partial charge in [0, 0.05) is 0 Å². The molecule has 0 radical (unpaired) electrons. The molecule has 1 aromatic carbocycles. The zero-order valence-electron chi connectivity index (χ0n) is 9.02. The maximum atomic E-state index is 9.09. The van der Waals surface area contributed by atoms with Gasteiger partial charge in [-0.1, -0.05) is 30.3 Å². The lowest BCUT2D eigenvalue weighted by Gasteiger charge is -2.09. The van der Waals surface area contributed by atoms with Crippen molar-refractivity contribution in [2.45, 2.75) is 6.61 Å². The summed E-state index contributed by atoms with van der Waals surface area (Å²) in [6.45, 7) is 0.327. The Hall–Kier alpha value is -1.92. The van der Waals surface area contributed by atoms with E-state index in [4.69, 9.17) is 14.8 Å². The maximum Gasteiger partial charge on any atom is 0.512 e. The SMILES string of the molecule is OB(O)c1ncncc1OCc1ccccc1. The van der Waals surface area contributed by atoms with Crippen LogP contribution in [0.3, 0.4) is 0 Å². The first kappa shape index (κ1) is 11.6. The van der Waals surface area contributed by atoms with Crippen LogP contribution in [0.5, 0.6) is 5.75 Å². The monoisotopic (exact) mass is 230 g/mol. The number of ether oxygens (including phenoxy) is 1. The fourth-order valence-electron chi connectivity index (χ4n) is 1.37. The zero-order chi connectivity index (χ0) is 12.1. The molecule has 1 aromatic heterocycles. The van der Waals surface area contributed by atoms with Gasteiger partial charge < -0.3 is 14.8 Å². The first-order valence-electron chi connectivity index (χ1n) is 5.10. The molecule has 0 atom stereocenters. The van der Waals surface area contributed by atoms with Gasteiger partial charge in [-0.15, -0.1) is 0 Å². The minimum atomic E-state index is -1.66. The molecule has 0 amide bonds. The molecule has 5 nitrogen and oxygen atoms in total. The second-order valence-electron chi connectivity index (χ2n) is 3.42. The molecule has 0 aliphatic carbocycles. The number of aromatic nitrogens is 2. The molecule has 0 bridgehead atoms. The fourth-order valence-corrected chi connectivity index (χ4v) is 1.37. The van der Waals surface area contributed by atoms with E-state index in [1.54, 1.807) is 0 Å². The number of benzene rings is 1. The quantitative estimate of drug-likeness (QED) is 0.707. The molecule has 2 rings (SSSR count). The number of nitrogens with zero attached hydrogens (tertiary/aromatic N) is 2. The van der Waals surface area contributed by atoms with E-state index in [9.17, 15) is 0 Å². The molecule has 86 valence electrons. The largest absolute Gasteiger partial charge is 0.512 e. The highest BCUT2D eigenvalue weighted by molar-refractivity contribution is 6.58. The summed E-state index contributed by atoms with van der Waals surface area (Å²) in [4.78, 5) is 7.54. The van der Waals surface area contributed by atoms with Crippen molar-refractivity contribution in [3.63, 3.8) is 0 Å². The van der Waals surface area contributed by atoms with E-state index < -0.39 is 7.12 Å². The van der Waals surface area contributed by atoms with Crippen molar-refractivity contribution in [3.8, 4) is 5.75 Å². The molecular formula is C11H11BN2O3. The highest BCUT2D eigenvalue weighted by Crippen LogP contribution is 2.07. The average molecular weight is 230 g/mol. The van der Waals surface area contributed by atoms with Gasteiger partial charge in [0.05, 0.1) is 6.20 Å².